The van der Waals surface area contributed by atoms with Crippen LogP contribution in [0.5, 0.6) is 5.75 Å². The second-order valence-electron chi connectivity index (χ2n) is 8.18. The number of aliphatic hydroxyl groups is 1. The number of ketones is 1. The van der Waals surface area contributed by atoms with Gasteiger partial charge in [0.1, 0.15) is 18.1 Å². The summed E-state index contributed by atoms with van der Waals surface area (Å²) < 4.78 is 7.42. The fourth-order valence-electron chi connectivity index (χ4n) is 4.07. The van der Waals surface area contributed by atoms with Crippen LogP contribution in [0.4, 0.5) is 0 Å². The summed E-state index contributed by atoms with van der Waals surface area (Å²) in [6, 6.07) is 13.8. The van der Waals surface area contributed by atoms with Gasteiger partial charge in [0.2, 0.25) is 0 Å². The van der Waals surface area contributed by atoms with Crippen molar-refractivity contribution in [2.45, 2.75) is 25.9 Å². The Balaban J connectivity index is 1.68. The number of hydrogen-bond donors (Lipinski definition) is 1. The smallest absolute Gasteiger partial charge is 0.295 e. The highest BCUT2D eigenvalue weighted by molar-refractivity contribution is 6.46. The SMILES string of the molecule is C=CCOc1ccc(/C(O)=C2\C(=O)C(=O)N(CCCn3ccnc3)[C@@H]2c2ccc(C)cc2)cc1. The molecule has 7 nitrogen and oxygen atoms in total. The summed E-state index contributed by atoms with van der Waals surface area (Å²) in [5.74, 6) is -0.871. The van der Waals surface area contributed by atoms with Crippen LogP contribution >= 0.6 is 0 Å². The van der Waals surface area contributed by atoms with Gasteiger partial charge in [-0.3, -0.25) is 9.59 Å². The molecule has 0 aliphatic carbocycles. The topological polar surface area (TPSA) is 84.7 Å². The number of nitrogens with zero attached hydrogens (tertiary/aromatic N) is 3. The van der Waals surface area contributed by atoms with Crippen LogP contribution in [0.3, 0.4) is 0 Å². The summed E-state index contributed by atoms with van der Waals surface area (Å²) in [6.45, 7) is 6.99. The van der Waals surface area contributed by atoms with E-state index in [4.69, 9.17) is 4.74 Å². The highest BCUT2D eigenvalue weighted by Crippen LogP contribution is 2.39. The first-order valence-corrected chi connectivity index (χ1v) is 11.1. The maximum absolute atomic E-state index is 13.1. The van der Waals surface area contributed by atoms with E-state index in [1.165, 1.54) is 0 Å². The predicted octanol–water partition coefficient (Wildman–Crippen LogP) is 4.27. The average molecular weight is 458 g/mol. The van der Waals surface area contributed by atoms with Gasteiger partial charge in [0.25, 0.3) is 11.7 Å². The number of aryl methyl sites for hydroxylation is 2. The second kappa shape index (κ2) is 10.2. The highest BCUT2D eigenvalue weighted by Gasteiger charge is 2.45. The van der Waals surface area contributed by atoms with Crippen LogP contribution in [-0.4, -0.2) is 44.4 Å². The molecule has 0 radical (unpaired) electrons. The van der Waals surface area contributed by atoms with Crippen molar-refractivity contribution in [1.82, 2.24) is 14.5 Å². The number of carbonyl (C=O) groups excluding carboxylic acids is 2. The Hall–Kier alpha value is -4.13. The van der Waals surface area contributed by atoms with E-state index in [0.29, 0.717) is 37.4 Å². The van der Waals surface area contributed by atoms with Crippen LogP contribution in [0.15, 0.2) is 85.5 Å². The number of benzene rings is 2. The van der Waals surface area contributed by atoms with E-state index in [0.717, 1.165) is 11.1 Å². The normalized spacial score (nSPS) is 17.2. The minimum absolute atomic E-state index is 0.0937. The molecule has 1 N–H and O–H groups in total. The van der Waals surface area contributed by atoms with E-state index >= 15 is 0 Å². The van der Waals surface area contributed by atoms with Crippen LogP contribution in [0.1, 0.15) is 29.2 Å². The Kier molecular flexibility index (Phi) is 6.92. The van der Waals surface area contributed by atoms with E-state index in [9.17, 15) is 14.7 Å². The molecule has 34 heavy (non-hydrogen) atoms. The third-order valence-corrected chi connectivity index (χ3v) is 5.80. The summed E-state index contributed by atoms with van der Waals surface area (Å²) in [7, 11) is 0. The first-order valence-electron chi connectivity index (χ1n) is 11.1. The Morgan fingerprint density at radius 1 is 1.12 bits per heavy atom. The predicted molar refractivity (Wildman–Crippen MR) is 129 cm³/mol. The molecular weight excluding hydrogens is 430 g/mol. The summed E-state index contributed by atoms with van der Waals surface area (Å²) in [4.78, 5) is 31.8. The Bertz CT molecular complexity index is 1200. The molecule has 1 amide bonds. The number of likely N-dealkylation sites (tertiary alicyclic amines) is 1. The first kappa shape index (κ1) is 23.0. The highest BCUT2D eigenvalue weighted by atomic mass is 16.5. The largest absolute Gasteiger partial charge is 0.507 e. The maximum atomic E-state index is 13.1. The van der Waals surface area contributed by atoms with Crippen molar-refractivity contribution in [3.05, 3.63) is 102 Å². The van der Waals surface area contributed by atoms with Gasteiger partial charge in [0.15, 0.2) is 0 Å². The molecule has 1 fully saturated rings. The minimum Gasteiger partial charge on any atom is -0.507 e. The van der Waals surface area contributed by atoms with Crippen molar-refractivity contribution in [3.8, 4) is 5.75 Å². The average Bonchev–Trinajstić information content (AvgIpc) is 3.45. The zero-order valence-electron chi connectivity index (χ0n) is 19.1. The molecule has 1 saturated heterocycles. The lowest BCUT2D eigenvalue weighted by Crippen LogP contribution is -2.31. The standard InChI is InChI=1S/C27H27N3O4/c1-3-17-34-22-11-9-21(10-12-22)25(31)23-24(20-7-5-19(2)6-8-20)30(27(33)26(23)32)15-4-14-29-16-13-28-18-29/h3,5-13,16,18,24,31H,1,4,14-15,17H2,2H3/b25-23+/t24-/m1/s1. The van der Waals surface area contributed by atoms with Gasteiger partial charge in [-0.2, -0.15) is 0 Å². The van der Waals surface area contributed by atoms with Gasteiger partial charge in [-0.1, -0.05) is 42.5 Å². The molecule has 3 aromatic rings. The summed E-state index contributed by atoms with van der Waals surface area (Å²) in [5, 5.41) is 11.2. The molecule has 1 aliphatic rings. The maximum Gasteiger partial charge on any atom is 0.295 e. The van der Waals surface area contributed by atoms with E-state index in [2.05, 4.69) is 11.6 Å². The van der Waals surface area contributed by atoms with Crippen molar-refractivity contribution in [2.75, 3.05) is 13.2 Å². The molecule has 0 unspecified atom stereocenters. The van der Waals surface area contributed by atoms with Gasteiger partial charge in [0, 0.05) is 31.0 Å². The number of carbonyl (C=O) groups is 2. The van der Waals surface area contributed by atoms with Gasteiger partial charge in [-0.25, -0.2) is 4.98 Å². The second-order valence-corrected chi connectivity index (χ2v) is 8.18. The molecule has 174 valence electrons. The zero-order chi connectivity index (χ0) is 24.1. The van der Waals surface area contributed by atoms with Crippen molar-refractivity contribution >= 4 is 17.4 Å². The van der Waals surface area contributed by atoms with E-state index < -0.39 is 17.7 Å². The van der Waals surface area contributed by atoms with Crippen molar-refractivity contribution < 1.29 is 19.4 Å². The van der Waals surface area contributed by atoms with Crippen LogP contribution in [-0.2, 0) is 16.1 Å². The minimum atomic E-state index is -0.683. The fraction of sp³-hybridized carbons (Fsp3) is 0.222. The number of ether oxygens (including phenoxy) is 1. The number of imidazole rings is 1. The van der Waals surface area contributed by atoms with Gasteiger partial charge >= 0.3 is 0 Å². The van der Waals surface area contributed by atoms with Crippen LogP contribution in [0, 0.1) is 6.92 Å². The van der Waals surface area contributed by atoms with Gasteiger partial charge in [0.05, 0.1) is 17.9 Å². The molecule has 0 spiro atoms. The number of aliphatic hydroxyl groups excluding tert-OH is 1. The van der Waals surface area contributed by atoms with E-state index in [-0.39, 0.29) is 11.3 Å². The molecule has 0 saturated carbocycles. The molecule has 1 aliphatic heterocycles. The van der Waals surface area contributed by atoms with Crippen molar-refractivity contribution in [1.29, 1.82) is 0 Å². The molecule has 2 heterocycles. The first-order chi connectivity index (χ1) is 16.5. The number of aromatic nitrogens is 2. The Morgan fingerprint density at radius 2 is 1.85 bits per heavy atom. The van der Waals surface area contributed by atoms with Crippen LogP contribution in [0.25, 0.3) is 5.76 Å². The monoisotopic (exact) mass is 457 g/mol. The molecule has 0 bridgehead atoms. The molecule has 1 atom stereocenters. The number of amides is 1. The lowest BCUT2D eigenvalue weighted by molar-refractivity contribution is -0.139. The quantitative estimate of drug-likeness (QED) is 0.225. The lowest BCUT2D eigenvalue weighted by atomic mass is 9.94. The van der Waals surface area contributed by atoms with Crippen LogP contribution < -0.4 is 4.74 Å². The number of Topliss-reactive ketones (excluding diaryl/α,β-unsaturated/α-hetero) is 1. The van der Waals surface area contributed by atoms with Gasteiger partial charge in [-0.15, -0.1) is 0 Å². The lowest BCUT2D eigenvalue weighted by Gasteiger charge is -2.25. The number of hydrogen-bond acceptors (Lipinski definition) is 5. The zero-order valence-corrected chi connectivity index (χ0v) is 19.1. The summed E-state index contributed by atoms with van der Waals surface area (Å²) in [6.07, 6.45) is 7.55. The molecule has 2 aromatic carbocycles. The van der Waals surface area contributed by atoms with Crippen molar-refractivity contribution in [3.63, 3.8) is 0 Å². The van der Waals surface area contributed by atoms with E-state index in [1.807, 2.05) is 42.0 Å². The van der Waals surface area contributed by atoms with Gasteiger partial charge < -0.3 is 19.3 Å². The van der Waals surface area contributed by atoms with Gasteiger partial charge in [-0.05, 0) is 43.2 Å². The molecule has 7 heteroatoms. The van der Waals surface area contributed by atoms with Crippen molar-refractivity contribution in [2.24, 2.45) is 0 Å². The van der Waals surface area contributed by atoms with Crippen LogP contribution in [0.2, 0.25) is 0 Å². The Morgan fingerprint density at radius 3 is 2.50 bits per heavy atom. The van der Waals surface area contributed by atoms with E-state index in [1.54, 1.807) is 47.8 Å². The fourth-order valence-corrected chi connectivity index (χ4v) is 4.07. The Labute approximate surface area is 198 Å². The molecule has 4 rings (SSSR count). The third kappa shape index (κ3) is 4.78. The number of rotatable bonds is 9. The molecular formula is C27H27N3O4. The summed E-state index contributed by atoms with van der Waals surface area (Å²) >= 11 is 0. The summed E-state index contributed by atoms with van der Waals surface area (Å²) in [5.41, 5.74) is 2.38. The molecule has 1 aromatic heterocycles. The third-order valence-electron chi connectivity index (χ3n) is 5.80.